The number of aromatic nitrogens is 1. The number of benzene rings is 1. The minimum absolute atomic E-state index is 0.900. The molecule has 17 heavy (non-hydrogen) atoms. The molecule has 0 amide bonds. The minimum Gasteiger partial charge on any atom is -0.321 e. The third-order valence-electron chi connectivity index (χ3n) is 2.52. The average molecular weight is 247 g/mol. The maximum absolute atomic E-state index is 4.45. The Morgan fingerprint density at radius 2 is 2.06 bits per heavy atom. The van der Waals surface area contributed by atoms with Crippen LogP contribution in [0.15, 0.2) is 36.5 Å². The maximum atomic E-state index is 4.45. The first-order chi connectivity index (χ1) is 8.31. The molecule has 0 aliphatic rings. The number of nitrogens with one attached hydrogen (secondary N) is 1. The van der Waals surface area contributed by atoms with Crippen LogP contribution in [0.2, 0.25) is 0 Å². The summed E-state index contributed by atoms with van der Waals surface area (Å²) in [6, 6.07) is 10.3. The summed E-state index contributed by atoms with van der Waals surface area (Å²) in [5.74, 6) is 0. The van der Waals surface area contributed by atoms with Crippen molar-refractivity contribution >= 4 is 22.2 Å². The molecule has 0 saturated heterocycles. The van der Waals surface area contributed by atoms with Gasteiger partial charge in [-0.05, 0) is 18.7 Å². The van der Waals surface area contributed by atoms with E-state index in [2.05, 4.69) is 34.3 Å². The highest BCUT2D eigenvalue weighted by Gasteiger charge is 2.08. The lowest BCUT2D eigenvalue weighted by Gasteiger charge is -2.15. The molecule has 0 aliphatic carbocycles. The second-order valence-corrected chi connectivity index (χ2v) is 4.88. The SMILES string of the molecule is CCNCc1cnc(N(C)c2ccccc2)s1. The van der Waals surface area contributed by atoms with Crippen molar-refractivity contribution < 1.29 is 0 Å². The molecule has 0 saturated carbocycles. The van der Waals surface area contributed by atoms with Crippen LogP contribution in [-0.2, 0) is 6.54 Å². The van der Waals surface area contributed by atoms with Crippen molar-refractivity contribution in [2.24, 2.45) is 0 Å². The Kier molecular flexibility index (Phi) is 4.12. The largest absolute Gasteiger partial charge is 0.321 e. The number of hydrogen-bond acceptors (Lipinski definition) is 4. The van der Waals surface area contributed by atoms with Crippen molar-refractivity contribution in [2.75, 3.05) is 18.5 Å². The third kappa shape index (κ3) is 3.05. The van der Waals surface area contributed by atoms with E-state index in [1.165, 1.54) is 4.88 Å². The summed E-state index contributed by atoms with van der Waals surface area (Å²) in [5, 5.41) is 4.34. The van der Waals surface area contributed by atoms with Crippen LogP contribution < -0.4 is 10.2 Å². The van der Waals surface area contributed by atoms with Gasteiger partial charge < -0.3 is 10.2 Å². The van der Waals surface area contributed by atoms with Crippen molar-refractivity contribution in [2.45, 2.75) is 13.5 Å². The standard InChI is InChI=1S/C13H17N3S/c1-3-14-9-12-10-15-13(17-12)16(2)11-7-5-4-6-8-11/h4-8,10,14H,3,9H2,1-2H3. The van der Waals surface area contributed by atoms with Crippen LogP contribution in [-0.4, -0.2) is 18.6 Å². The van der Waals surface area contributed by atoms with Gasteiger partial charge in [-0.3, -0.25) is 0 Å². The zero-order chi connectivity index (χ0) is 12.1. The molecule has 0 unspecified atom stereocenters. The van der Waals surface area contributed by atoms with Gasteiger partial charge >= 0.3 is 0 Å². The summed E-state index contributed by atoms with van der Waals surface area (Å²) in [6.45, 7) is 4.00. The van der Waals surface area contributed by atoms with Crippen molar-refractivity contribution in [3.63, 3.8) is 0 Å². The first-order valence-electron chi connectivity index (χ1n) is 5.75. The second-order valence-electron chi connectivity index (χ2n) is 3.78. The predicted molar refractivity (Wildman–Crippen MR) is 74.0 cm³/mol. The first kappa shape index (κ1) is 12.1. The highest BCUT2D eigenvalue weighted by atomic mass is 32.1. The molecule has 0 fully saturated rings. The van der Waals surface area contributed by atoms with Gasteiger partial charge in [-0.1, -0.05) is 25.1 Å². The molecule has 90 valence electrons. The third-order valence-corrected chi connectivity index (χ3v) is 3.59. The van der Waals surface area contributed by atoms with E-state index >= 15 is 0 Å². The van der Waals surface area contributed by atoms with Crippen LogP contribution in [0.5, 0.6) is 0 Å². The maximum Gasteiger partial charge on any atom is 0.189 e. The molecule has 1 N–H and O–H groups in total. The fraction of sp³-hybridized carbons (Fsp3) is 0.308. The lowest BCUT2D eigenvalue weighted by Crippen LogP contribution is -2.10. The van der Waals surface area contributed by atoms with Crippen LogP contribution in [0.3, 0.4) is 0 Å². The molecule has 3 nitrogen and oxygen atoms in total. The Morgan fingerprint density at radius 1 is 1.29 bits per heavy atom. The highest BCUT2D eigenvalue weighted by molar-refractivity contribution is 7.15. The van der Waals surface area contributed by atoms with E-state index in [0.29, 0.717) is 0 Å². The van der Waals surface area contributed by atoms with Gasteiger partial charge in [-0.25, -0.2) is 4.98 Å². The van der Waals surface area contributed by atoms with Crippen molar-refractivity contribution in [1.29, 1.82) is 0 Å². The molecular formula is C13H17N3S. The van der Waals surface area contributed by atoms with E-state index in [4.69, 9.17) is 0 Å². The fourth-order valence-electron chi connectivity index (χ4n) is 1.54. The molecular weight excluding hydrogens is 230 g/mol. The van der Waals surface area contributed by atoms with Crippen molar-refractivity contribution in [3.8, 4) is 0 Å². The van der Waals surface area contributed by atoms with Crippen molar-refractivity contribution in [1.82, 2.24) is 10.3 Å². The Bertz CT molecular complexity index is 453. The van der Waals surface area contributed by atoms with E-state index in [9.17, 15) is 0 Å². The predicted octanol–water partition coefficient (Wildman–Crippen LogP) is 3.02. The van der Waals surface area contributed by atoms with Crippen LogP contribution in [0, 0.1) is 0 Å². The van der Waals surface area contributed by atoms with Crippen LogP contribution in [0.1, 0.15) is 11.8 Å². The normalized spacial score (nSPS) is 10.5. The average Bonchev–Trinajstić information content (AvgIpc) is 2.85. The Morgan fingerprint density at radius 3 is 2.76 bits per heavy atom. The number of nitrogens with zero attached hydrogens (tertiary/aromatic N) is 2. The van der Waals surface area contributed by atoms with Crippen LogP contribution in [0.4, 0.5) is 10.8 Å². The molecule has 0 aliphatic heterocycles. The number of anilines is 2. The van der Waals surface area contributed by atoms with E-state index in [1.807, 2.05) is 31.4 Å². The van der Waals surface area contributed by atoms with Crippen molar-refractivity contribution in [3.05, 3.63) is 41.4 Å². The molecule has 4 heteroatoms. The van der Waals surface area contributed by atoms with Gasteiger partial charge in [0.05, 0.1) is 0 Å². The molecule has 1 heterocycles. The summed E-state index contributed by atoms with van der Waals surface area (Å²) in [4.78, 5) is 7.83. The summed E-state index contributed by atoms with van der Waals surface area (Å²) in [6.07, 6.45) is 1.95. The van der Waals surface area contributed by atoms with E-state index in [0.717, 1.165) is 23.9 Å². The molecule has 0 radical (unpaired) electrons. The summed E-state index contributed by atoms with van der Waals surface area (Å²) in [7, 11) is 2.05. The quantitative estimate of drug-likeness (QED) is 0.880. The van der Waals surface area contributed by atoms with E-state index in [-0.39, 0.29) is 0 Å². The molecule has 0 spiro atoms. The van der Waals surface area contributed by atoms with Crippen LogP contribution >= 0.6 is 11.3 Å². The smallest absolute Gasteiger partial charge is 0.189 e. The number of hydrogen-bond donors (Lipinski definition) is 1. The van der Waals surface area contributed by atoms with Gasteiger partial charge in [-0.2, -0.15) is 0 Å². The second kappa shape index (κ2) is 5.80. The van der Waals surface area contributed by atoms with Gasteiger partial charge in [0.15, 0.2) is 5.13 Å². The monoisotopic (exact) mass is 247 g/mol. The zero-order valence-electron chi connectivity index (χ0n) is 10.2. The number of para-hydroxylation sites is 1. The molecule has 1 aromatic heterocycles. The zero-order valence-corrected chi connectivity index (χ0v) is 11.0. The molecule has 0 atom stereocenters. The van der Waals surface area contributed by atoms with Gasteiger partial charge in [0.25, 0.3) is 0 Å². The highest BCUT2D eigenvalue weighted by Crippen LogP contribution is 2.27. The molecule has 2 aromatic rings. The van der Waals surface area contributed by atoms with Gasteiger partial charge in [-0.15, -0.1) is 11.3 Å². The molecule has 0 bridgehead atoms. The lowest BCUT2D eigenvalue weighted by atomic mass is 10.3. The van der Waals surface area contributed by atoms with Gasteiger partial charge in [0.1, 0.15) is 0 Å². The number of rotatable bonds is 5. The van der Waals surface area contributed by atoms with Gasteiger partial charge in [0.2, 0.25) is 0 Å². The fourth-order valence-corrected chi connectivity index (χ4v) is 2.41. The Balaban J connectivity index is 2.09. The lowest BCUT2D eigenvalue weighted by molar-refractivity contribution is 0.734. The van der Waals surface area contributed by atoms with Gasteiger partial charge in [0, 0.05) is 30.4 Å². The Hall–Kier alpha value is -1.39. The first-order valence-corrected chi connectivity index (χ1v) is 6.57. The summed E-state index contributed by atoms with van der Waals surface area (Å²) < 4.78 is 0. The van der Waals surface area contributed by atoms with E-state index < -0.39 is 0 Å². The number of thiazole rings is 1. The topological polar surface area (TPSA) is 28.2 Å². The molecule has 1 aromatic carbocycles. The summed E-state index contributed by atoms with van der Waals surface area (Å²) in [5.41, 5.74) is 1.16. The Labute approximate surface area is 106 Å². The van der Waals surface area contributed by atoms with E-state index in [1.54, 1.807) is 11.3 Å². The summed E-state index contributed by atoms with van der Waals surface area (Å²) >= 11 is 1.73. The van der Waals surface area contributed by atoms with Crippen LogP contribution in [0.25, 0.3) is 0 Å². The minimum atomic E-state index is 0.900. The molecule has 2 rings (SSSR count).